The molecule has 0 aliphatic carbocycles. The minimum Gasteiger partial charge on any atom is -0.512 e. The molecule has 0 aromatic heterocycles. The van der Waals surface area contributed by atoms with E-state index < -0.39 is 10.4 Å². The Morgan fingerprint density at radius 1 is 1.50 bits per heavy atom. The van der Waals surface area contributed by atoms with Crippen molar-refractivity contribution in [3.8, 4) is 0 Å². The maximum Gasteiger partial charge on any atom is 0.446 e. The average Bonchev–Trinajstić information content (AvgIpc) is 1.59. The van der Waals surface area contributed by atoms with Crippen LogP contribution in [0, 0.1) is 0 Å². The lowest BCUT2D eigenvalue weighted by molar-refractivity contribution is 0.343. The third-order valence-corrected chi connectivity index (χ3v) is 0.592. The van der Waals surface area contributed by atoms with Crippen molar-refractivity contribution in [2.45, 2.75) is 0 Å². The third kappa shape index (κ3) is 5.25. The van der Waals surface area contributed by atoms with Gasteiger partial charge in [-0.15, -0.1) is 0 Å². The molecule has 0 saturated carbocycles. The molecule has 0 aliphatic rings. The van der Waals surface area contributed by atoms with Crippen molar-refractivity contribution in [3.63, 3.8) is 0 Å². The van der Waals surface area contributed by atoms with E-state index >= 15 is 0 Å². The third-order valence-electron chi connectivity index (χ3n) is 0.238. The molecule has 0 saturated heterocycles. The van der Waals surface area contributed by atoms with Gasteiger partial charge in [-0.25, -0.2) is 0 Å². The van der Waals surface area contributed by atoms with Gasteiger partial charge < -0.3 is 9.29 Å². The van der Waals surface area contributed by atoms with Crippen LogP contribution in [0.4, 0.5) is 0 Å². The Morgan fingerprint density at radius 3 is 2.12 bits per heavy atom. The number of hydrogen-bond acceptors (Lipinski definition) is 4. The second kappa shape index (κ2) is 2.53. The van der Waals surface area contributed by atoms with E-state index in [2.05, 4.69) is 4.18 Å². The van der Waals surface area contributed by atoms with Crippen LogP contribution in [0.5, 0.6) is 0 Å². The highest BCUT2D eigenvalue weighted by Gasteiger charge is 1.97. The summed E-state index contributed by atoms with van der Waals surface area (Å²) in [5, 5.41) is 7.75. The second-order valence-electron chi connectivity index (χ2n) is 0.809. The Hall–Kier alpha value is -0.750. The first kappa shape index (κ1) is 7.25. The molecule has 48 valence electrons. The van der Waals surface area contributed by atoms with Crippen LogP contribution < -0.4 is 0 Å². The summed E-state index contributed by atoms with van der Waals surface area (Å²) in [6, 6.07) is 0. The topological polar surface area (TPSA) is 83.8 Å². The van der Waals surface area contributed by atoms with Gasteiger partial charge in [-0.1, -0.05) is 0 Å². The highest BCUT2D eigenvalue weighted by Crippen LogP contribution is 1.84. The predicted molar refractivity (Wildman–Crippen MR) is 24.4 cm³/mol. The summed E-state index contributed by atoms with van der Waals surface area (Å²) in [4.78, 5) is 0. The zero-order valence-electron chi connectivity index (χ0n) is 3.68. The molecule has 0 bridgehead atoms. The standard InChI is InChI=1S/C2H4O5S/c3-1-2-7-8(4,5)6/h1-3H,(H,4,5,6). The average molecular weight is 140 g/mol. The van der Waals surface area contributed by atoms with Gasteiger partial charge in [0.15, 0.2) is 0 Å². The number of rotatable bonds is 2. The van der Waals surface area contributed by atoms with Crippen LogP contribution >= 0.6 is 0 Å². The zero-order valence-corrected chi connectivity index (χ0v) is 4.50. The molecule has 0 heterocycles. The van der Waals surface area contributed by atoms with Crippen molar-refractivity contribution >= 4 is 10.4 Å². The Kier molecular flexibility index (Phi) is 2.29. The van der Waals surface area contributed by atoms with Crippen molar-refractivity contribution in [1.29, 1.82) is 0 Å². The lowest BCUT2D eigenvalue weighted by Crippen LogP contribution is -1.96. The van der Waals surface area contributed by atoms with Crippen LogP contribution in [0.1, 0.15) is 0 Å². The summed E-state index contributed by atoms with van der Waals surface area (Å²) < 4.78 is 30.3. The molecule has 2 N–H and O–H groups in total. The van der Waals surface area contributed by atoms with E-state index in [1.165, 1.54) is 0 Å². The van der Waals surface area contributed by atoms with Gasteiger partial charge in [0, 0.05) is 0 Å². The van der Waals surface area contributed by atoms with Gasteiger partial charge in [0.1, 0.15) is 12.5 Å². The summed E-state index contributed by atoms with van der Waals surface area (Å²) >= 11 is 0. The SMILES string of the molecule is O=S(=O)(O)OC=CO. The maximum absolute atomic E-state index is 9.56. The van der Waals surface area contributed by atoms with E-state index in [0.29, 0.717) is 12.5 Å². The van der Waals surface area contributed by atoms with Gasteiger partial charge in [0.05, 0.1) is 0 Å². The second-order valence-corrected chi connectivity index (χ2v) is 1.86. The van der Waals surface area contributed by atoms with E-state index in [0.717, 1.165) is 0 Å². The molecule has 8 heavy (non-hydrogen) atoms. The van der Waals surface area contributed by atoms with Gasteiger partial charge in [-0.05, 0) is 0 Å². The molecule has 0 radical (unpaired) electrons. The Labute approximate surface area is 46.2 Å². The fraction of sp³-hybridized carbons (Fsp3) is 0. The molecule has 0 aliphatic heterocycles. The smallest absolute Gasteiger partial charge is 0.446 e. The van der Waals surface area contributed by atoms with Crippen molar-refractivity contribution in [1.82, 2.24) is 0 Å². The zero-order chi connectivity index (χ0) is 6.62. The van der Waals surface area contributed by atoms with Crippen LogP contribution in [0.2, 0.25) is 0 Å². The van der Waals surface area contributed by atoms with Crippen LogP contribution in [0.15, 0.2) is 12.5 Å². The lowest BCUT2D eigenvalue weighted by Gasteiger charge is -1.87. The normalized spacial score (nSPS) is 12.1. The number of aliphatic hydroxyl groups is 1. The van der Waals surface area contributed by atoms with Crippen molar-refractivity contribution < 1.29 is 22.3 Å². The van der Waals surface area contributed by atoms with Gasteiger partial charge in [-0.3, -0.25) is 4.55 Å². The molecule has 0 aromatic carbocycles. The largest absolute Gasteiger partial charge is 0.512 e. The monoisotopic (exact) mass is 140 g/mol. The predicted octanol–water partition coefficient (Wildman–Crippen LogP) is -0.165. The summed E-state index contributed by atoms with van der Waals surface area (Å²) in [6.45, 7) is 0. The van der Waals surface area contributed by atoms with Crippen LogP contribution in [0.3, 0.4) is 0 Å². The van der Waals surface area contributed by atoms with Crippen molar-refractivity contribution in [2.75, 3.05) is 0 Å². The summed E-state index contributed by atoms with van der Waals surface area (Å²) in [5.41, 5.74) is 0. The minimum atomic E-state index is -4.43. The molecular weight excluding hydrogens is 136 g/mol. The fourth-order valence-electron chi connectivity index (χ4n) is 0.0951. The van der Waals surface area contributed by atoms with Gasteiger partial charge in [-0.2, -0.15) is 8.42 Å². The first-order chi connectivity index (χ1) is 3.56. The van der Waals surface area contributed by atoms with E-state index in [-0.39, 0.29) is 0 Å². The molecule has 0 atom stereocenters. The molecule has 0 amide bonds. The molecule has 0 rings (SSSR count). The molecule has 0 unspecified atom stereocenters. The van der Waals surface area contributed by atoms with Gasteiger partial charge in [0.25, 0.3) is 0 Å². The summed E-state index contributed by atoms with van der Waals surface area (Å²) in [5.74, 6) is 0. The highest BCUT2D eigenvalue weighted by atomic mass is 32.3. The van der Waals surface area contributed by atoms with E-state index in [4.69, 9.17) is 9.66 Å². The number of hydrogen-bond donors (Lipinski definition) is 2. The Morgan fingerprint density at radius 2 is 2.00 bits per heavy atom. The number of aliphatic hydroxyl groups excluding tert-OH is 1. The van der Waals surface area contributed by atoms with Gasteiger partial charge >= 0.3 is 10.4 Å². The van der Waals surface area contributed by atoms with Crippen LogP contribution in [-0.2, 0) is 14.6 Å². The van der Waals surface area contributed by atoms with E-state index in [1.807, 2.05) is 0 Å². The molecule has 0 aromatic rings. The maximum atomic E-state index is 9.56. The molecular formula is C2H4O5S. The molecule has 5 nitrogen and oxygen atoms in total. The van der Waals surface area contributed by atoms with E-state index in [9.17, 15) is 8.42 Å². The van der Waals surface area contributed by atoms with Crippen LogP contribution in [0.25, 0.3) is 0 Å². The summed E-state index contributed by atoms with van der Waals surface area (Å²) in [6.07, 6.45) is 0.767. The van der Waals surface area contributed by atoms with Crippen molar-refractivity contribution in [2.24, 2.45) is 0 Å². The Balaban J connectivity index is 3.76. The summed E-state index contributed by atoms with van der Waals surface area (Å²) in [7, 11) is -4.43. The quantitative estimate of drug-likeness (QED) is 0.411. The Bertz CT molecular complexity index is 165. The van der Waals surface area contributed by atoms with Crippen molar-refractivity contribution in [3.05, 3.63) is 12.5 Å². The molecule has 0 fully saturated rings. The fourth-order valence-corrected chi connectivity index (χ4v) is 0.285. The van der Waals surface area contributed by atoms with E-state index in [1.54, 1.807) is 0 Å². The molecule has 6 heteroatoms. The first-order valence-electron chi connectivity index (χ1n) is 1.51. The molecule has 0 spiro atoms. The minimum absolute atomic E-state index is 0.341. The lowest BCUT2D eigenvalue weighted by atomic mass is 11.1. The van der Waals surface area contributed by atoms with Crippen LogP contribution in [-0.4, -0.2) is 18.1 Å². The highest BCUT2D eigenvalue weighted by molar-refractivity contribution is 7.81. The first-order valence-corrected chi connectivity index (χ1v) is 2.87. The van der Waals surface area contributed by atoms with Gasteiger partial charge in [0.2, 0.25) is 0 Å².